The van der Waals surface area contributed by atoms with Crippen LogP contribution >= 0.6 is 11.3 Å². The first-order valence-electron chi connectivity index (χ1n) is 12.7. The number of nitrogens with one attached hydrogen (secondary N) is 1. The van der Waals surface area contributed by atoms with Crippen molar-refractivity contribution >= 4 is 39.1 Å². The maximum atomic E-state index is 13.8. The minimum atomic E-state index is -4.20. The highest BCUT2D eigenvalue weighted by molar-refractivity contribution is 7.91. The summed E-state index contributed by atoms with van der Waals surface area (Å²) in [5.74, 6) is -2.03. The molecule has 220 valence electrons. The van der Waals surface area contributed by atoms with Crippen molar-refractivity contribution in [3.63, 3.8) is 0 Å². The highest BCUT2D eigenvalue weighted by Crippen LogP contribution is 2.29. The van der Waals surface area contributed by atoms with Crippen LogP contribution in [-0.2, 0) is 25.9 Å². The second-order valence-corrected chi connectivity index (χ2v) is 13.1. The molecule has 1 unspecified atom stereocenters. The van der Waals surface area contributed by atoms with Crippen molar-refractivity contribution in [3.05, 3.63) is 95.4 Å². The molecule has 4 aromatic rings. The van der Waals surface area contributed by atoms with Crippen molar-refractivity contribution in [2.45, 2.75) is 43.2 Å². The third kappa shape index (κ3) is 7.75. The molecule has 2 N–H and O–H groups in total. The number of anilines is 1. The maximum absolute atomic E-state index is 13.8. The van der Waals surface area contributed by atoms with E-state index < -0.39 is 45.2 Å². The number of rotatable bonds is 10. The molecule has 1 amide bonds. The second-order valence-electron chi connectivity index (χ2n) is 10.2. The topological polar surface area (TPSA) is 139 Å². The number of ether oxygens (including phenoxy) is 1. The molecular formula is C29H29FN4O6S2. The molecule has 0 fully saturated rings. The van der Waals surface area contributed by atoms with Crippen molar-refractivity contribution in [3.8, 4) is 10.6 Å². The van der Waals surface area contributed by atoms with Crippen molar-refractivity contribution in [1.29, 1.82) is 0 Å². The monoisotopic (exact) mass is 612 g/mol. The largest absolute Gasteiger partial charge is 0.480 e. The Bertz CT molecular complexity index is 1640. The van der Waals surface area contributed by atoms with Gasteiger partial charge in [-0.25, -0.2) is 27.6 Å². The lowest BCUT2D eigenvalue weighted by Gasteiger charge is -2.26. The van der Waals surface area contributed by atoms with Crippen LogP contribution in [0, 0.1) is 5.82 Å². The number of sulfone groups is 1. The van der Waals surface area contributed by atoms with Gasteiger partial charge in [0.2, 0.25) is 0 Å². The number of carboxylic acids is 1. The lowest BCUT2D eigenvalue weighted by atomic mass is 10.1. The van der Waals surface area contributed by atoms with E-state index in [2.05, 4.69) is 15.3 Å². The summed E-state index contributed by atoms with van der Waals surface area (Å²) in [6, 6.07) is 16.1. The standard InChI is InChI=1S/C29H29FN4O6S2/c1-29(2,3)40-28(37)34(18-25(35)36)24-6-4-5-23(33-24)27(42(38,39)22-13-11-21(30)12-14-22)32-17-19-7-9-20(10-8-19)26-31-15-16-41-26/h4-16,27,32H,17-18H2,1-3H3,(H,35,36). The van der Waals surface area contributed by atoms with Gasteiger partial charge >= 0.3 is 12.1 Å². The van der Waals surface area contributed by atoms with Crippen LogP contribution in [0.15, 0.2) is 83.2 Å². The van der Waals surface area contributed by atoms with Gasteiger partial charge in [-0.15, -0.1) is 11.3 Å². The molecule has 1 atom stereocenters. The first-order valence-corrected chi connectivity index (χ1v) is 15.2. The Morgan fingerprint density at radius 2 is 1.76 bits per heavy atom. The SMILES string of the molecule is CC(C)(C)OC(=O)N(CC(=O)O)c1cccc(C(NCc2ccc(-c3nccs3)cc2)S(=O)(=O)c2ccc(F)cc2)n1. The molecule has 2 heterocycles. The molecule has 4 rings (SSSR count). The van der Waals surface area contributed by atoms with Crippen LogP contribution in [0.5, 0.6) is 0 Å². The summed E-state index contributed by atoms with van der Waals surface area (Å²) in [4.78, 5) is 33.8. The molecule has 0 saturated heterocycles. The summed E-state index contributed by atoms with van der Waals surface area (Å²) < 4.78 is 46.6. The van der Waals surface area contributed by atoms with Crippen LogP contribution in [0.1, 0.15) is 37.4 Å². The fraction of sp³-hybridized carbons (Fsp3) is 0.241. The summed E-state index contributed by atoms with van der Waals surface area (Å²) in [7, 11) is -4.20. The molecular weight excluding hydrogens is 583 g/mol. The smallest absolute Gasteiger partial charge is 0.416 e. The van der Waals surface area contributed by atoms with Gasteiger partial charge < -0.3 is 9.84 Å². The number of carboxylic acid groups (broad SMARTS) is 1. The number of hydrogen-bond acceptors (Lipinski definition) is 9. The van der Waals surface area contributed by atoms with Crippen molar-refractivity contribution in [1.82, 2.24) is 15.3 Å². The van der Waals surface area contributed by atoms with E-state index in [0.717, 1.165) is 45.3 Å². The molecule has 10 nitrogen and oxygen atoms in total. The lowest BCUT2D eigenvalue weighted by Crippen LogP contribution is -2.40. The Morgan fingerprint density at radius 1 is 1.07 bits per heavy atom. The highest BCUT2D eigenvalue weighted by Gasteiger charge is 2.32. The molecule has 2 aromatic carbocycles. The third-order valence-corrected chi connectivity index (χ3v) is 8.57. The predicted octanol–water partition coefficient (Wildman–Crippen LogP) is 5.43. The Balaban J connectivity index is 1.70. The molecule has 0 radical (unpaired) electrons. The second kappa shape index (κ2) is 12.8. The van der Waals surface area contributed by atoms with E-state index in [1.54, 1.807) is 27.0 Å². The molecule has 2 aromatic heterocycles. The van der Waals surface area contributed by atoms with Crippen molar-refractivity contribution < 1.29 is 32.2 Å². The fourth-order valence-corrected chi connectivity index (χ4v) is 6.09. The van der Waals surface area contributed by atoms with Crippen LogP contribution in [0.3, 0.4) is 0 Å². The number of hydrogen-bond donors (Lipinski definition) is 2. The number of halogens is 1. The van der Waals surface area contributed by atoms with Gasteiger partial charge in [-0.3, -0.25) is 15.0 Å². The van der Waals surface area contributed by atoms with Crippen molar-refractivity contribution in [2.75, 3.05) is 11.4 Å². The van der Waals surface area contributed by atoms with Gasteiger partial charge in [0.05, 0.1) is 10.6 Å². The van der Waals surface area contributed by atoms with Crippen LogP contribution in [-0.4, -0.2) is 47.7 Å². The van der Waals surface area contributed by atoms with E-state index in [1.165, 1.54) is 29.5 Å². The summed E-state index contributed by atoms with van der Waals surface area (Å²) in [6.07, 6.45) is 0.753. The Labute approximate surface area is 246 Å². The van der Waals surface area contributed by atoms with E-state index in [9.17, 15) is 27.5 Å². The van der Waals surface area contributed by atoms with Gasteiger partial charge in [0, 0.05) is 23.7 Å². The molecule has 42 heavy (non-hydrogen) atoms. The number of amides is 1. The number of thiazole rings is 1. The number of aliphatic carboxylic acids is 1. The van der Waals surface area contributed by atoms with Gasteiger partial charge in [-0.05, 0) is 62.7 Å². The third-order valence-electron chi connectivity index (χ3n) is 5.79. The van der Waals surface area contributed by atoms with E-state index in [1.807, 2.05) is 29.6 Å². The molecule has 0 spiro atoms. The molecule has 0 bridgehead atoms. The lowest BCUT2D eigenvalue weighted by molar-refractivity contribution is -0.135. The van der Waals surface area contributed by atoms with Crippen LogP contribution < -0.4 is 10.2 Å². The summed E-state index contributed by atoms with van der Waals surface area (Å²) in [5, 5.41) is 13.8. The van der Waals surface area contributed by atoms with E-state index in [0.29, 0.717) is 0 Å². The summed E-state index contributed by atoms with van der Waals surface area (Å²) >= 11 is 1.50. The number of pyridine rings is 1. The highest BCUT2D eigenvalue weighted by atomic mass is 32.2. The van der Waals surface area contributed by atoms with E-state index >= 15 is 0 Å². The van der Waals surface area contributed by atoms with Crippen LogP contribution in [0.2, 0.25) is 0 Å². The summed E-state index contributed by atoms with van der Waals surface area (Å²) in [6.45, 7) is 4.24. The molecule has 0 aliphatic carbocycles. The zero-order chi connectivity index (χ0) is 30.5. The molecule has 13 heteroatoms. The number of carbonyl (C=O) groups is 2. The van der Waals surface area contributed by atoms with Crippen LogP contribution in [0.25, 0.3) is 10.6 Å². The fourth-order valence-electron chi connectivity index (χ4n) is 3.90. The molecule has 0 saturated carbocycles. The Morgan fingerprint density at radius 3 is 2.36 bits per heavy atom. The zero-order valence-electron chi connectivity index (χ0n) is 23.0. The van der Waals surface area contributed by atoms with E-state index in [-0.39, 0.29) is 23.0 Å². The van der Waals surface area contributed by atoms with E-state index in [4.69, 9.17) is 4.74 Å². The predicted molar refractivity (Wildman–Crippen MR) is 156 cm³/mol. The Hall–Kier alpha value is -4.20. The zero-order valence-corrected chi connectivity index (χ0v) is 24.7. The van der Waals surface area contributed by atoms with Crippen LogP contribution in [0.4, 0.5) is 15.0 Å². The first kappa shape index (κ1) is 30.8. The average molecular weight is 613 g/mol. The van der Waals surface area contributed by atoms with Gasteiger partial charge in [0.1, 0.15) is 28.8 Å². The van der Waals surface area contributed by atoms with Gasteiger partial charge in [0.15, 0.2) is 15.2 Å². The van der Waals surface area contributed by atoms with Gasteiger partial charge in [-0.1, -0.05) is 30.3 Å². The van der Waals surface area contributed by atoms with Gasteiger partial charge in [-0.2, -0.15) is 0 Å². The maximum Gasteiger partial charge on any atom is 0.416 e. The normalized spacial score (nSPS) is 12.5. The summed E-state index contributed by atoms with van der Waals surface area (Å²) in [5.41, 5.74) is 0.762. The molecule has 0 aliphatic rings. The first-order chi connectivity index (χ1) is 19.8. The van der Waals surface area contributed by atoms with Gasteiger partial charge in [0.25, 0.3) is 0 Å². The number of aromatic nitrogens is 2. The average Bonchev–Trinajstić information content (AvgIpc) is 3.47. The number of carbonyl (C=O) groups excluding carboxylic acids is 1. The van der Waals surface area contributed by atoms with Crippen molar-refractivity contribution in [2.24, 2.45) is 0 Å². The number of nitrogens with zero attached hydrogens (tertiary/aromatic N) is 3. The minimum absolute atomic E-state index is 0.00446. The quantitative estimate of drug-likeness (QED) is 0.224. The Kier molecular flexibility index (Phi) is 9.34. The minimum Gasteiger partial charge on any atom is -0.480 e. The number of benzene rings is 2. The molecule has 0 aliphatic heterocycles.